The third kappa shape index (κ3) is 5.25. The number of rotatable bonds is 8. The van der Waals surface area contributed by atoms with Gasteiger partial charge in [0.1, 0.15) is 11.5 Å². The van der Waals surface area contributed by atoms with Crippen LogP contribution in [0.5, 0.6) is 11.5 Å². The number of hydrogen-bond donors (Lipinski definition) is 0. The van der Waals surface area contributed by atoms with E-state index in [1.165, 1.54) is 10.5 Å². The Balaban J connectivity index is 1.68. The Hall–Kier alpha value is -2.18. The van der Waals surface area contributed by atoms with Crippen LogP contribution in [0, 0.1) is 0 Å². The largest absolute Gasteiger partial charge is 0.497 e. The van der Waals surface area contributed by atoms with Crippen molar-refractivity contribution in [1.29, 1.82) is 0 Å². The second-order valence-electron chi connectivity index (χ2n) is 7.37. The van der Waals surface area contributed by atoms with Crippen molar-refractivity contribution in [3.63, 3.8) is 0 Å². The minimum Gasteiger partial charge on any atom is -0.497 e. The van der Waals surface area contributed by atoms with Gasteiger partial charge in [-0.15, -0.1) is 11.8 Å². The van der Waals surface area contributed by atoms with Crippen molar-refractivity contribution in [2.45, 2.75) is 30.3 Å². The molecule has 0 aromatic heterocycles. The molecular formula is C23H30N2O3S. The first-order valence-corrected chi connectivity index (χ1v) is 11.1. The first-order valence-electron chi connectivity index (χ1n) is 9.88. The van der Waals surface area contributed by atoms with Gasteiger partial charge in [-0.2, -0.15) is 0 Å². The van der Waals surface area contributed by atoms with Crippen molar-refractivity contribution < 1.29 is 14.3 Å². The van der Waals surface area contributed by atoms with Crippen molar-refractivity contribution in [3.8, 4) is 11.5 Å². The number of amides is 1. The maximum Gasteiger partial charge on any atom is 0.237 e. The van der Waals surface area contributed by atoms with Gasteiger partial charge in [0.25, 0.3) is 0 Å². The first kappa shape index (κ1) is 21.5. The Morgan fingerprint density at radius 3 is 2.59 bits per heavy atom. The molecule has 1 fully saturated rings. The molecule has 1 atom stereocenters. The van der Waals surface area contributed by atoms with E-state index in [2.05, 4.69) is 35.4 Å². The van der Waals surface area contributed by atoms with Gasteiger partial charge < -0.3 is 14.4 Å². The number of benzene rings is 2. The summed E-state index contributed by atoms with van der Waals surface area (Å²) >= 11 is 1.73. The molecule has 0 unspecified atom stereocenters. The van der Waals surface area contributed by atoms with Gasteiger partial charge in [0.05, 0.1) is 26.8 Å². The van der Waals surface area contributed by atoms with E-state index in [9.17, 15) is 4.79 Å². The molecule has 0 spiro atoms. The zero-order valence-corrected chi connectivity index (χ0v) is 18.5. The zero-order chi connectivity index (χ0) is 20.8. The SMILES string of the molecule is COc1ccc(OC)c([C@H]2CCCN2C(=O)CN(C)Cc2ccc(SC)cc2)c1. The summed E-state index contributed by atoms with van der Waals surface area (Å²) in [4.78, 5) is 18.4. The highest BCUT2D eigenvalue weighted by Gasteiger charge is 2.32. The van der Waals surface area contributed by atoms with Gasteiger partial charge in [-0.25, -0.2) is 0 Å². The second kappa shape index (κ2) is 10.0. The molecule has 1 heterocycles. The average Bonchev–Trinajstić information content (AvgIpc) is 3.23. The first-order chi connectivity index (χ1) is 14.0. The van der Waals surface area contributed by atoms with E-state index in [-0.39, 0.29) is 11.9 Å². The number of nitrogens with zero attached hydrogens (tertiary/aromatic N) is 2. The van der Waals surface area contributed by atoms with Crippen molar-refractivity contribution in [2.24, 2.45) is 0 Å². The molecule has 0 aliphatic carbocycles. The van der Waals surface area contributed by atoms with Gasteiger partial charge in [0.15, 0.2) is 0 Å². The Kier molecular flexibility index (Phi) is 7.45. The molecule has 0 bridgehead atoms. The van der Waals surface area contributed by atoms with Crippen molar-refractivity contribution in [3.05, 3.63) is 53.6 Å². The summed E-state index contributed by atoms with van der Waals surface area (Å²) in [6, 6.07) is 14.3. The highest BCUT2D eigenvalue weighted by Crippen LogP contribution is 2.39. The zero-order valence-electron chi connectivity index (χ0n) is 17.7. The van der Waals surface area contributed by atoms with Crippen LogP contribution in [0.3, 0.4) is 0 Å². The normalized spacial score (nSPS) is 16.3. The van der Waals surface area contributed by atoms with Gasteiger partial charge in [0, 0.05) is 23.5 Å². The number of methoxy groups -OCH3 is 2. The van der Waals surface area contributed by atoms with Gasteiger partial charge in [0.2, 0.25) is 5.91 Å². The summed E-state index contributed by atoms with van der Waals surface area (Å²) in [5.41, 5.74) is 2.23. The molecule has 2 aromatic rings. The van der Waals surface area contributed by atoms with Crippen LogP contribution in [0.4, 0.5) is 0 Å². The molecule has 1 aliphatic heterocycles. The van der Waals surface area contributed by atoms with Crippen LogP contribution in [0.2, 0.25) is 0 Å². The molecule has 1 saturated heterocycles. The smallest absolute Gasteiger partial charge is 0.237 e. The fourth-order valence-corrected chi connectivity index (χ4v) is 4.32. The molecule has 29 heavy (non-hydrogen) atoms. The highest BCUT2D eigenvalue weighted by atomic mass is 32.2. The molecule has 156 valence electrons. The third-order valence-corrected chi connectivity index (χ3v) is 6.13. The molecule has 0 saturated carbocycles. The number of thioether (sulfide) groups is 1. The standard InChI is InChI=1S/C23H30N2O3S/c1-24(15-17-7-10-19(29-4)11-8-17)16-23(26)25-13-5-6-21(25)20-14-18(27-2)9-12-22(20)28-3/h7-12,14,21H,5-6,13,15-16H2,1-4H3/t21-/m1/s1. The molecule has 5 nitrogen and oxygen atoms in total. The summed E-state index contributed by atoms with van der Waals surface area (Å²) < 4.78 is 10.9. The van der Waals surface area contributed by atoms with Crippen LogP contribution < -0.4 is 9.47 Å². The van der Waals surface area contributed by atoms with Crippen molar-refractivity contribution in [2.75, 3.05) is 40.6 Å². The number of likely N-dealkylation sites (tertiary alicyclic amines) is 1. The van der Waals surface area contributed by atoms with Gasteiger partial charge in [-0.05, 0) is 62.0 Å². The summed E-state index contributed by atoms with van der Waals surface area (Å²) in [5.74, 6) is 1.74. The fraction of sp³-hybridized carbons (Fsp3) is 0.435. The monoisotopic (exact) mass is 414 g/mol. The molecule has 0 N–H and O–H groups in total. The molecule has 3 rings (SSSR count). The highest BCUT2D eigenvalue weighted by molar-refractivity contribution is 7.98. The Morgan fingerprint density at radius 1 is 1.17 bits per heavy atom. The lowest BCUT2D eigenvalue weighted by atomic mass is 10.0. The average molecular weight is 415 g/mol. The molecule has 1 aliphatic rings. The van der Waals surface area contributed by atoms with E-state index in [1.807, 2.05) is 30.1 Å². The lowest BCUT2D eigenvalue weighted by Gasteiger charge is -2.28. The van der Waals surface area contributed by atoms with E-state index in [0.717, 1.165) is 43.0 Å². The Bertz CT molecular complexity index is 825. The summed E-state index contributed by atoms with van der Waals surface area (Å²) in [7, 11) is 5.32. The maximum atomic E-state index is 13.1. The van der Waals surface area contributed by atoms with Gasteiger partial charge in [-0.3, -0.25) is 9.69 Å². The van der Waals surface area contributed by atoms with Gasteiger partial charge in [-0.1, -0.05) is 12.1 Å². The Labute approximate surface area is 178 Å². The summed E-state index contributed by atoms with van der Waals surface area (Å²) in [6.07, 6.45) is 4.01. The van der Waals surface area contributed by atoms with Crippen LogP contribution >= 0.6 is 11.8 Å². The van der Waals surface area contributed by atoms with Crippen molar-refractivity contribution in [1.82, 2.24) is 9.80 Å². The van der Waals surface area contributed by atoms with E-state index in [4.69, 9.17) is 9.47 Å². The van der Waals surface area contributed by atoms with E-state index >= 15 is 0 Å². The van der Waals surface area contributed by atoms with Crippen LogP contribution in [-0.4, -0.2) is 56.3 Å². The number of hydrogen-bond acceptors (Lipinski definition) is 5. The van der Waals surface area contributed by atoms with E-state index < -0.39 is 0 Å². The quantitative estimate of drug-likeness (QED) is 0.605. The number of likely N-dealkylation sites (N-methyl/N-ethyl adjacent to an activating group) is 1. The Morgan fingerprint density at radius 2 is 1.93 bits per heavy atom. The minimum atomic E-state index is 0.0295. The van der Waals surface area contributed by atoms with Crippen LogP contribution in [-0.2, 0) is 11.3 Å². The second-order valence-corrected chi connectivity index (χ2v) is 8.25. The number of ether oxygens (including phenoxy) is 2. The molecular weight excluding hydrogens is 384 g/mol. The molecule has 1 amide bonds. The van der Waals surface area contributed by atoms with Crippen molar-refractivity contribution >= 4 is 17.7 Å². The molecule has 0 radical (unpaired) electrons. The van der Waals surface area contributed by atoms with Crippen LogP contribution in [0.25, 0.3) is 0 Å². The minimum absolute atomic E-state index is 0.0295. The fourth-order valence-electron chi connectivity index (χ4n) is 3.91. The van der Waals surface area contributed by atoms with Crippen LogP contribution in [0.15, 0.2) is 47.4 Å². The van der Waals surface area contributed by atoms with E-state index in [1.54, 1.807) is 26.0 Å². The molecule has 2 aromatic carbocycles. The summed E-state index contributed by atoms with van der Waals surface area (Å²) in [5, 5.41) is 0. The topological polar surface area (TPSA) is 42.0 Å². The van der Waals surface area contributed by atoms with E-state index in [0.29, 0.717) is 6.54 Å². The molecule has 6 heteroatoms. The lowest BCUT2D eigenvalue weighted by molar-refractivity contribution is -0.133. The maximum absolute atomic E-state index is 13.1. The third-order valence-electron chi connectivity index (χ3n) is 5.39. The summed E-state index contributed by atoms with van der Waals surface area (Å²) in [6.45, 7) is 1.93. The number of carbonyl (C=O) groups excluding carboxylic acids is 1. The predicted molar refractivity (Wildman–Crippen MR) is 118 cm³/mol. The predicted octanol–water partition coefficient (Wildman–Crippen LogP) is 4.22. The number of carbonyl (C=O) groups is 1. The van der Waals surface area contributed by atoms with Gasteiger partial charge >= 0.3 is 0 Å². The van der Waals surface area contributed by atoms with Crippen LogP contribution in [0.1, 0.15) is 30.0 Å². The lowest BCUT2D eigenvalue weighted by Crippen LogP contribution is -2.38.